The summed E-state index contributed by atoms with van der Waals surface area (Å²) < 4.78 is 1.06. The SMILES string of the molecule is C[C@@H]1C[C@@H](C)CN(C[C@@H](C)NC(=O)C2(c3ccc(Br)cc3)CC2)C1. The number of nitrogens with zero attached hydrogens (tertiary/aromatic N) is 1. The maximum absolute atomic E-state index is 12.9. The van der Waals surface area contributed by atoms with Crippen molar-refractivity contribution in [1.82, 2.24) is 10.2 Å². The molecule has 2 aliphatic rings. The molecule has 1 N–H and O–H groups in total. The van der Waals surface area contributed by atoms with Crippen molar-refractivity contribution in [2.24, 2.45) is 11.8 Å². The van der Waals surface area contributed by atoms with Crippen molar-refractivity contribution < 1.29 is 4.79 Å². The molecule has 1 aromatic carbocycles. The Morgan fingerprint density at radius 1 is 1.25 bits per heavy atom. The molecular weight excluding hydrogens is 364 g/mol. The summed E-state index contributed by atoms with van der Waals surface area (Å²) in [6, 6.07) is 8.42. The average Bonchev–Trinajstić information content (AvgIpc) is 3.28. The molecule has 132 valence electrons. The normalized spacial score (nSPS) is 27.5. The van der Waals surface area contributed by atoms with Crippen LogP contribution in [-0.4, -0.2) is 36.5 Å². The molecule has 4 heteroatoms. The van der Waals surface area contributed by atoms with Gasteiger partial charge in [-0.3, -0.25) is 4.79 Å². The van der Waals surface area contributed by atoms with Gasteiger partial charge in [0.05, 0.1) is 5.41 Å². The van der Waals surface area contributed by atoms with E-state index >= 15 is 0 Å². The van der Waals surface area contributed by atoms with Crippen molar-refractivity contribution in [3.8, 4) is 0 Å². The van der Waals surface area contributed by atoms with Gasteiger partial charge in [-0.2, -0.15) is 0 Å². The number of halogens is 1. The monoisotopic (exact) mass is 392 g/mol. The zero-order valence-corrected chi connectivity index (χ0v) is 16.6. The van der Waals surface area contributed by atoms with Gasteiger partial charge in [-0.25, -0.2) is 0 Å². The summed E-state index contributed by atoms with van der Waals surface area (Å²) in [4.78, 5) is 15.4. The molecule has 1 saturated heterocycles. The Balaban J connectivity index is 1.57. The summed E-state index contributed by atoms with van der Waals surface area (Å²) in [5.41, 5.74) is 0.868. The largest absolute Gasteiger partial charge is 0.352 e. The second-order valence-electron chi connectivity index (χ2n) is 8.13. The number of nitrogens with one attached hydrogen (secondary N) is 1. The third-order valence-corrected chi connectivity index (χ3v) is 5.96. The second-order valence-corrected chi connectivity index (χ2v) is 9.04. The molecule has 0 spiro atoms. The minimum atomic E-state index is -0.280. The van der Waals surface area contributed by atoms with Gasteiger partial charge in [-0.05, 0) is 55.7 Å². The third kappa shape index (κ3) is 4.02. The lowest BCUT2D eigenvalue weighted by molar-refractivity contribution is -0.124. The lowest BCUT2D eigenvalue weighted by Crippen LogP contribution is -2.49. The van der Waals surface area contributed by atoms with Gasteiger partial charge >= 0.3 is 0 Å². The zero-order chi connectivity index (χ0) is 17.3. The average molecular weight is 393 g/mol. The minimum Gasteiger partial charge on any atom is -0.352 e. The Hall–Kier alpha value is -0.870. The number of carbonyl (C=O) groups excluding carboxylic acids is 1. The quantitative estimate of drug-likeness (QED) is 0.821. The fraction of sp³-hybridized carbons (Fsp3) is 0.650. The molecule has 0 aromatic heterocycles. The minimum absolute atomic E-state index is 0.197. The highest BCUT2D eigenvalue weighted by atomic mass is 79.9. The molecule has 3 atom stereocenters. The molecule has 1 aliphatic heterocycles. The van der Waals surface area contributed by atoms with Crippen LogP contribution in [0.4, 0.5) is 0 Å². The molecule has 1 heterocycles. The van der Waals surface area contributed by atoms with Crippen LogP contribution in [0, 0.1) is 11.8 Å². The van der Waals surface area contributed by atoms with Crippen LogP contribution in [0.2, 0.25) is 0 Å². The lowest BCUT2D eigenvalue weighted by Gasteiger charge is -2.36. The molecule has 1 saturated carbocycles. The number of piperidine rings is 1. The number of hydrogen-bond donors (Lipinski definition) is 1. The van der Waals surface area contributed by atoms with Gasteiger partial charge in [0.15, 0.2) is 0 Å². The Kier molecular flexibility index (Phi) is 5.36. The van der Waals surface area contributed by atoms with Crippen LogP contribution in [0.25, 0.3) is 0 Å². The lowest BCUT2D eigenvalue weighted by atomic mass is 9.91. The second kappa shape index (κ2) is 7.17. The molecule has 0 unspecified atom stereocenters. The number of amides is 1. The van der Waals surface area contributed by atoms with Gasteiger partial charge in [-0.1, -0.05) is 41.9 Å². The Bertz CT molecular complexity index is 572. The number of hydrogen-bond acceptors (Lipinski definition) is 2. The predicted molar refractivity (Wildman–Crippen MR) is 102 cm³/mol. The van der Waals surface area contributed by atoms with E-state index in [2.05, 4.69) is 59.1 Å². The Labute approximate surface area is 154 Å². The number of benzene rings is 1. The van der Waals surface area contributed by atoms with E-state index in [1.807, 2.05) is 12.1 Å². The van der Waals surface area contributed by atoms with E-state index in [0.29, 0.717) is 0 Å². The standard InChI is InChI=1S/C20H29BrN2O/c1-14-10-15(2)12-23(11-14)13-16(3)22-19(24)20(8-9-20)17-4-6-18(21)7-5-17/h4-7,14-16H,8-13H2,1-3H3,(H,22,24)/t14-,15-,16-/m1/s1. The maximum atomic E-state index is 12.9. The van der Waals surface area contributed by atoms with E-state index in [9.17, 15) is 4.79 Å². The van der Waals surface area contributed by atoms with Crippen molar-refractivity contribution in [3.63, 3.8) is 0 Å². The zero-order valence-electron chi connectivity index (χ0n) is 15.0. The Morgan fingerprint density at radius 2 is 1.83 bits per heavy atom. The van der Waals surface area contributed by atoms with Gasteiger partial charge in [0, 0.05) is 30.1 Å². The number of rotatable bonds is 5. The van der Waals surface area contributed by atoms with E-state index in [1.54, 1.807) is 0 Å². The van der Waals surface area contributed by atoms with Crippen molar-refractivity contribution in [1.29, 1.82) is 0 Å². The summed E-state index contributed by atoms with van der Waals surface area (Å²) >= 11 is 3.47. The molecule has 0 bridgehead atoms. The molecule has 24 heavy (non-hydrogen) atoms. The van der Waals surface area contributed by atoms with Crippen LogP contribution in [0.15, 0.2) is 28.7 Å². The first kappa shape index (κ1) is 17.9. The molecule has 0 radical (unpaired) electrons. The molecule has 1 amide bonds. The number of likely N-dealkylation sites (tertiary alicyclic amines) is 1. The van der Waals surface area contributed by atoms with E-state index in [0.717, 1.165) is 54.3 Å². The first-order valence-corrected chi connectivity index (χ1v) is 9.98. The van der Waals surface area contributed by atoms with Gasteiger partial charge in [0.2, 0.25) is 5.91 Å². The van der Waals surface area contributed by atoms with Crippen LogP contribution in [0.1, 0.15) is 45.6 Å². The van der Waals surface area contributed by atoms with Gasteiger partial charge in [0.25, 0.3) is 0 Å². The van der Waals surface area contributed by atoms with Crippen molar-refractivity contribution in [2.45, 2.75) is 51.5 Å². The van der Waals surface area contributed by atoms with Crippen LogP contribution in [0.3, 0.4) is 0 Å². The highest BCUT2D eigenvalue weighted by molar-refractivity contribution is 9.10. The smallest absolute Gasteiger partial charge is 0.230 e. The molecule has 3 rings (SSSR count). The number of carbonyl (C=O) groups is 1. The maximum Gasteiger partial charge on any atom is 0.230 e. The Morgan fingerprint density at radius 3 is 2.38 bits per heavy atom. The molecule has 1 aliphatic carbocycles. The van der Waals surface area contributed by atoms with Crippen molar-refractivity contribution in [2.75, 3.05) is 19.6 Å². The molecule has 3 nitrogen and oxygen atoms in total. The van der Waals surface area contributed by atoms with E-state index in [-0.39, 0.29) is 17.4 Å². The van der Waals surface area contributed by atoms with E-state index in [1.165, 1.54) is 6.42 Å². The van der Waals surface area contributed by atoms with Crippen molar-refractivity contribution >= 4 is 21.8 Å². The summed E-state index contributed by atoms with van der Waals surface area (Å²) in [6.45, 7) is 10.1. The highest BCUT2D eigenvalue weighted by Gasteiger charge is 2.51. The van der Waals surface area contributed by atoms with Crippen LogP contribution in [-0.2, 0) is 10.2 Å². The third-order valence-electron chi connectivity index (χ3n) is 5.44. The topological polar surface area (TPSA) is 32.3 Å². The first-order chi connectivity index (χ1) is 11.4. The predicted octanol–water partition coefficient (Wildman–Crippen LogP) is 3.96. The van der Waals surface area contributed by atoms with Crippen LogP contribution >= 0.6 is 15.9 Å². The summed E-state index contributed by atoms with van der Waals surface area (Å²) in [6.07, 6.45) is 3.25. The molecular formula is C20H29BrN2O. The summed E-state index contributed by atoms with van der Waals surface area (Å²) in [5.74, 6) is 1.72. The van der Waals surface area contributed by atoms with Gasteiger partial charge in [0.1, 0.15) is 0 Å². The van der Waals surface area contributed by atoms with Gasteiger partial charge in [-0.15, -0.1) is 0 Å². The fourth-order valence-corrected chi connectivity index (χ4v) is 4.54. The first-order valence-electron chi connectivity index (χ1n) is 9.18. The highest BCUT2D eigenvalue weighted by Crippen LogP contribution is 2.48. The van der Waals surface area contributed by atoms with Crippen LogP contribution in [0.5, 0.6) is 0 Å². The van der Waals surface area contributed by atoms with Gasteiger partial charge < -0.3 is 10.2 Å². The fourth-order valence-electron chi connectivity index (χ4n) is 4.28. The summed E-state index contributed by atoms with van der Waals surface area (Å²) in [5, 5.41) is 3.28. The summed E-state index contributed by atoms with van der Waals surface area (Å²) in [7, 11) is 0. The van der Waals surface area contributed by atoms with Crippen LogP contribution < -0.4 is 5.32 Å². The molecule has 1 aromatic rings. The molecule has 2 fully saturated rings. The van der Waals surface area contributed by atoms with Crippen molar-refractivity contribution in [3.05, 3.63) is 34.3 Å². The van der Waals surface area contributed by atoms with E-state index in [4.69, 9.17) is 0 Å². The van der Waals surface area contributed by atoms with E-state index < -0.39 is 0 Å².